The number of halogens is 2. The molecule has 0 aliphatic heterocycles. The Balaban J connectivity index is 0.00000338. The van der Waals surface area contributed by atoms with Gasteiger partial charge >= 0.3 is 0 Å². The molecular weight excluding hydrogens is 448 g/mol. The van der Waals surface area contributed by atoms with E-state index in [9.17, 15) is 4.39 Å². The smallest absolute Gasteiger partial charge is 0.191 e. The van der Waals surface area contributed by atoms with Crippen molar-refractivity contribution in [1.82, 2.24) is 15.8 Å². The summed E-state index contributed by atoms with van der Waals surface area (Å²) in [6.07, 6.45) is 1.56. The third kappa shape index (κ3) is 5.42. The van der Waals surface area contributed by atoms with E-state index in [1.807, 2.05) is 19.9 Å². The Labute approximate surface area is 169 Å². The maximum Gasteiger partial charge on any atom is 0.191 e. The van der Waals surface area contributed by atoms with Crippen LogP contribution in [0.5, 0.6) is 0 Å². The van der Waals surface area contributed by atoms with E-state index in [-0.39, 0.29) is 30.5 Å². The maximum atomic E-state index is 13.9. The van der Waals surface area contributed by atoms with Gasteiger partial charge in [0.05, 0.1) is 17.3 Å². The maximum absolute atomic E-state index is 13.9. The number of rotatable bonds is 6. The first-order valence-electron chi connectivity index (χ1n) is 8.22. The fourth-order valence-corrected chi connectivity index (χ4v) is 2.47. The molecule has 0 saturated heterocycles. The van der Waals surface area contributed by atoms with Crippen LogP contribution in [0.2, 0.25) is 0 Å². The molecule has 6 nitrogen and oxygen atoms in total. The summed E-state index contributed by atoms with van der Waals surface area (Å²) in [5, 5.41) is 19.1. The second-order valence-electron chi connectivity index (χ2n) is 5.44. The number of nitrogens with zero attached hydrogens (tertiary/aromatic N) is 3. The zero-order valence-electron chi connectivity index (χ0n) is 15.1. The van der Waals surface area contributed by atoms with E-state index in [1.54, 1.807) is 19.2 Å². The van der Waals surface area contributed by atoms with E-state index in [1.165, 1.54) is 6.07 Å². The highest BCUT2D eigenvalue weighted by atomic mass is 127. The van der Waals surface area contributed by atoms with Gasteiger partial charge in [-0.1, -0.05) is 25.1 Å². The fourth-order valence-electron chi connectivity index (χ4n) is 2.47. The third-order valence-corrected chi connectivity index (χ3v) is 3.89. The first-order valence-corrected chi connectivity index (χ1v) is 8.22. The van der Waals surface area contributed by atoms with Gasteiger partial charge in [-0.3, -0.25) is 4.99 Å². The van der Waals surface area contributed by atoms with Crippen molar-refractivity contribution in [1.29, 1.82) is 5.26 Å². The summed E-state index contributed by atoms with van der Waals surface area (Å²) in [5.74, 6) is 0.995. The monoisotopic (exact) mass is 471 g/mol. The van der Waals surface area contributed by atoms with E-state index in [0.717, 1.165) is 29.9 Å². The predicted octanol–water partition coefficient (Wildman–Crippen LogP) is 3.29. The lowest BCUT2D eigenvalue weighted by Crippen LogP contribution is -2.36. The number of guanidine groups is 1. The number of hydrogen-bond acceptors (Lipinski definition) is 4. The van der Waals surface area contributed by atoms with Gasteiger partial charge in [0.2, 0.25) is 0 Å². The number of aliphatic imine (C=N–C) groups is 1. The summed E-state index contributed by atoms with van der Waals surface area (Å²) in [4.78, 5) is 4.15. The van der Waals surface area contributed by atoms with E-state index in [2.05, 4.69) is 20.8 Å². The summed E-state index contributed by atoms with van der Waals surface area (Å²) in [6, 6.07) is 6.33. The molecule has 0 fully saturated rings. The Morgan fingerprint density at radius 1 is 1.27 bits per heavy atom. The van der Waals surface area contributed by atoms with Gasteiger partial charge in [-0.2, -0.15) is 5.26 Å². The molecule has 1 aromatic carbocycles. The van der Waals surface area contributed by atoms with Crippen molar-refractivity contribution >= 4 is 29.9 Å². The molecule has 0 bridgehead atoms. The average molecular weight is 471 g/mol. The zero-order valence-corrected chi connectivity index (χ0v) is 17.4. The summed E-state index contributed by atoms with van der Waals surface area (Å²) < 4.78 is 19.3. The van der Waals surface area contributed by atoms with Gasteiger partial charge in [0.15, 0.2) is 5.96 Å². The molecule has 2 rings (SSSR count). The number of aromatic nitrogens is 1. The van der Waals surface area contributed by atoms with Crippen molar-refractivity contribution in [3.05, 3.63) is 52.2 Å². The second kappa shape index (κ2) is 10.8. The fraction of sp³-hybridized carbons (Fsp3) is 0.389. The van der Waals surface area contributed by atoms with Crippen molar-refractivity contribution in [3.8, 4) is 6.07 Å². The SMILES string of the molecule is CCc1noc(CC)c1CNC(=NC)NCc1ccc(C#N)cc1F.I. The van der Waals surface area contributed by atoms with Gasteiger partial charge in [-0.25, -0.2) is 4.39 Å². The summed E-state index contributed by atoms with van der Waals surface area (Å²) in [6.45, 7) is 4.85. The molecule has 2 aromatic rings. The lowest BCUT2D eigenvalue weighted by Gasteiger charge is -2.12. The van der Waals surface area contributed by atoms with E-state index < -0.39 is 5.82 Å². The Bertz CT molecular complexity index is 776. The first-order chi connectivity index (χ1) is 12.1. The molecule has 0 amide bonds. The van der Waals surface area contributed by atoms with Gasteiger partial charge in [-0.05, 0) is 18.6 Å². The normalized spacial score (nSPS) is 10.8. The van der Waals surface area contributed by atoms with Crippen LogP contribution in [0.4, 0.5) is 4.39 Å². The van der Waals surface area contributed by atoms with E-state index in [4.69, 9.17) is 9.78 Å². The van der Waals surface area contributed by atoms with Gasteiger partial charge in [0.1, 0.15) is 11.6 Å². The van der Waals surface area contributed by atoms with Crippen LogP contribution >= 0.6 is 24.0 Å². The molecule has 26 heavy (non-hydrogen) atoms. The highest BCUT2D eigenvalue weighted by molar-refractivity contribution is 14.0. The third-order valence-electron chi connectivity index (χ3n) is 3.89. The molecule has 0 aliphatic carbocycles. The highest BCUT2D eigenvalue weighted by Crippen LogP contribution is 2.15. The Morgan fingerprint density at radius 2 is 2.00 bits per heavy atom. The van der Waals surface area contributed by atoms with Crippen LogP contribution in [0.25, 0.3) is 0 Å². The molecule has 0 aliphatic rings. The quantitative estimate of drug-likeness (QED) is 0.384. The lowest BCUT2D eigenvalue weighted by molar-refractivity contribution is 0.380. The van der Waals surface area contributed by atoms with Crippen molar-refractivity contribution in [3.63, 3.8) is 0 Å². The van der Waals surface area contributed by atoms with Gasteiger partial charge in [0, 0.05) is 37.7 Å². The van der Waals surface area contributed by atoms with Crippen LogP contribution in [0.1, 0.15) is 42.0 Å². The van der Waals surface area contributed by atoms with Crippen LogP contribution in [0.15, 0.2) is 27.7 Å². The van der Waals surface area contributed by atoms with Gasteiger partial charge in [0.25, 0.3) is 0 Å². The van der Waals surface area contributed by atoms with Crippen molar-refractivity contribution in [2.75, 3.05) is 7.05 Å². The van der Waals surface area contributed by atoms with Gasteiger partial charge < -0.3 is 15.2 Å². The summed E-state index contributed by atoms with van der Waals surface area (Å²) in [7, 11) is 1.65. The van der Waals surface area contributed by atoms with E-state index in [0.29, 0.717) is 23.6 Å². The Hall–Kier alpha value is -2.15. The first kappa shape index (κ1) is 21.9. The van der Waals surface area contributed by atoms with Crippen molar-refractivity contribution in [2.45, 2.75) is 39.8 Å². The number of nitrogens with one attached hydrogen (secondary N) is 2. The Morgan fingerprint density at radius 3 is 2.58 bits per heavy atom. The second-order valence-corrected chi connectivity index (χ2v) is 5.44. The highest BCUT2D eigenvalue weighted by Gasteiger charge is 2.13. The largest absolute Gasteiger partial charge is 0.361 e. The molecule has 8 heteroatoms. The molecule has 1 aromatic heterocycles. The zero-order chi connectivity index (χ0) is 18.2. The molecule has 1 heterocycles. The number of hydrogen-bond donors (Lipinski definition) is 2. The van der Waals surface area contributed by atoms with Crippen LogP contribution in [-0.2, 0) is 25.9 Å². The molecule has 0 radical (unpaired) electrons. The molecule has 0 unspecified atom stereocenters. The summed E-state index contributed by atoms with van der Waals surface area (Å²) in [5.41, 5.74) is 2.74. The minimum absolute atomic E-state index is 0. The predicted molar refractivity (Wildman–Crippen MR) is 109 cm³/mol. The molecule has 140 valence electrons. The molecule has 0 saturated carbocycles. The molecule has 2 N–H and O–H groups in total. The minimum Gasteiger partial charge on any atom is -0.361 e. The Kier molecular flexibility index (Phi) is 9.05. The standard InChI is InChI=1S/C18H22FN5O.HI/c1-4-16-14(17(5-2)25-24-16)11-23-18(21-3)22-10-13-7-6-12(9-20)8-15(13)19;/h6-8H,4-5,10-11H2,1-3H3,(H2,21,22,23);1H. The molecular formula is C18H23FIN5O. The van der Waals surface area contributed by atoms with Crippen LogP contribution in [0, 0.1) is 17.1 Å². The molecule has 0 spiro atoms. The topological polar surface area (TPSA) is 86.2 Å². The lowest BCUT2D eigenvalue weighted by atomic mass is 10.1. The van der Waals surface area contributed by atoms with Crippen LogP contribution in [-0.4, -0.2) is 18.2 Å². The number of benzene rings is 1. The van der Waals surface area contributed by atoms with Crippen molar-refractivity contribution in [2.24, 2.45) is 4.99 Å². The van der Waals surface area contributed by atoms with Crippen LogP contribution < -0.4 is 10.6 Å². The number of aryl methyl sites for hydroxylation is 2. The number of nitriles is 1. The van der Waals surface area contributed by atoms with Gasteiger partial charge in [-0.15, -0.1) is 24.0 Å². The minimum atomic E-state index is -0.414. The van der Waals surface area contributed by atoms with Crippen molar-refractivity contribution < 1.29 is 8.91 Å². The van der Waals surface area contributed by atoms with E-state index >= 15 is 0 Å². The van der Waals surface area contributed by atoms with Crippen LogP contribution in [0.3, 0.4) is 0 Å². The average Bonchev–Trinajstić information content (AvgIpc) is 3.04. The molecule has 0 atom stereocenters. The summed E-state index contributed by atoms with van der Waals surface area (Å²) >= 11 is 0.